The predicted molar refractivity (Wildman–Crippen MR) is 84.7 cm³/mol. The van der Waals surface area contributed by atoms with Crippen molar-refractivity contribution in [2.45, 2.75) is 10.9 Å². The number of ether oxygens (including phenoxy) is 1. The molecule has 0 saturated heterocycles. The van der Waals surface area contributed by atoms with Crippen LogP contribution in [-0.4, -0.2) is 18.3 Å². The fraction of sp³-hybridized carbons (Fsp3) is 0.188. The van der Waals surface area contributed by atoms with E-state index in [0.29, 0.717) is 5.75 Å². The molecule has 5 heteroatoms. The van der Waals surface area contributed by atoms with Crippen LogP contribution in [0, 0.1) is 0 Å². The first kappa shape index (κ1) is 13.8. The highest BCUT2D eigenvalue weighted by Gasteiger charge is 2.22. The fourth-order valence-corrected chi connectivity index (χ4v) is 3.47. The molecule has 0 aliphatic carbocycles. The topological polar surface area (TPSA) is 64.4 Å². The first-order chi connectivity index (χ1) is 10.2. The summed E-state index contributed by atoms with van der Waals surface area (Å²) in [6.45, 7) is -0.106. The van der Waals surface area contributed by atoms with Crippen LogP contribution in [0.3, 0.4) is 0 Å². The number of thioether (sulfide) groups is 1. The third kappa shape index (κ3) is 3.31. The molecule has 1 atom stereocenters. The highest BCUT2D eigenvalue weighted by molar-refractivity contribution is 7.99. The Bertz CT molecular complexity index is 660. The molecule has 108 valence electrons. The quantitative estimate of drug-likeness (QED) is 0.891. The van der Waals surface area contributed by atoms with E-state index in [2.05, 4.69) is 29.6 Å². The zero-order valence-electron chi connectivity index (χ0n) is 11.4. The second kappa shape index (κ2) is 6.10. The molecule has 0 spiro atoms. The zero-order valence-corrected chi connectivity index (χ0v) is 12.2. The summed E-state index contributed by atoms with van der Waals surface area (Å²) < 4.78 is 5.32. The summed E-state index contributed by atoms with van der Waals surface area (Å²) in [6.07, 6.45) is 0. The molecule has 1 amide bonds. The Morgan fingerprint density at radius 1 is 1.29 bits per heavy atom. The standard InChI is InChI=1S/C16H16N2O2S/c17-16(19)9-20-12-5-3-4-11(8-12)18-14-10-21-15-7-2-1-6-13(14)15/h1-8,14,18H,9-10H2,(H2,17,19). The third-order valence-electron chi connectivity index (χ3n) is 3.26. The average molecular weight is 300 g/mol. The van der Waals surface area contributed by atoms with Crippen LogP contribution in [0.4, 0.5) is 5.69 Å². The molecule has 21 heavy (non-hydrogen) atoms. The Morgan fingerprint density at radius 2 is 2.14 bits per heavy atom. The highest BCUT2D eigenvalue weighted by Crippen LogP contribution is 2.39. The van der Waals surface area contributed by atoms with E-state index in [9.17, 15) is 4.79 Å². The van der Waals surface area contributed by atoms with Gasteiger partial charge in [-0.2, -0.15) is 0 Å². The number of anilines is 1. The summed E-state index contributed by atoms with van der Waals surface area (Å²) in [5.41, 5.74) is 7.38. The van der Waals surface area contributed by atoms with E-state index in [-0.39, 0.29) is 12.6 Å². The van der Waals surface area contributed by atoms with Gasteiger partial charge in [0, 0.05) is 22.4 Å². The van der Waals surface area contributed by atoms with E-state index in [4.69, 9.17) is 10.5 Å². The van der Waals surface area contributed by atoms with Gasteiger partial charge in [-0.1, -0.05) is 24.3 Å². The lowest BCUT2D eigenvalue weighted by Gasteiger charge is -2.15. The van der Waals surface area contributed by atoms with Gasteiger partial charge in [-0.15, -0.1) is 11.8 Å². The van der Waals surface area contributed by atoms with Gasteiger partial charge in [0.1, 0.15) is 5.75 Å². The van der Waals surface area contributed by atoms with Gasteiger partial charge in [0.15, 0.2) is 6.61 Å². The highest BCUT2D eigenvalue weighted by atomic mass is 32.2. The number of primary amides is 1. The molecule has 0 saturated carbocycles. The van der Waals surface area contributed by atoms with Crippen molar-refractivity contribution in [1.29, 1.82) is 0 Å². The smallest absolute Gasteiger partial charge is 0.255 e. The molecule has 1 aliphatic heterocycles. The van der Waals surface area contributed by atoms with Crippen LogP contribution < -0.4 is 15.8 Å². The van der Waals surface area contributed by atoms with Crippen molar-refractivity contribution >= 4 is 23.4 Å². The van der Waals surface area contributed by atoms with Crippen molar-refractivity contribution < 1.29 is 9.53 Å². The fourth-order valence-electron chi connectivity index (χ4n) is 2.31. The molecule has 2 aromatic carbocycles. The summed E-state index contributed by atoms with van der Waals surface area (Å²) in [7, 11) is 0. The molecule has 1 aliphatic rings. The van der Waals surface area contributed by atoms with Gasteiger partial charge in [0.2, 0.25) is 0 Å². The van der Waals surface area contributed by atoms with Crippen LogP contribution in [0.2, 0.25) is 0 Å². The van der Waals surface area contributed by atoms with Crippen molar-refractivity contribution in [3.8, 4) is 5.75 Å². The lowest BCUT2D eigenvalue weighted by molar-refractivity contribution is -0.119. The minimum atomic E-state index is -0.477. The molecule has 4 nitrogen and oxygen atoms in total. The van der Waals surface area contributed by atoms with E-state index < -0.39 is 5.91 Å². The van der Waals surface area contributed by atoms with Gasteiger partial charge >= 0.3 is 0 Å². The summed E-state index contributed by atoms with van der Waals surface area (Å²) >= 11 is 1.86. The molecule has 3 N–H and O–H groups in total. The molecule has 3 rings (SSSR count). The van der Waals surface area contributed by atoms with Crippen molar-refractivity contribution in [3.63, 3.8) is 0 Å². The van der Waals surface area contributed by atoms with Crippen LogP contribution in [-0.2, 0) is 4.79 Å². The number of carbonyl (C=O) groups is 1. The molecule has 1 unspecified atom stereocenters. The third-order valence-corrected chi connectivity index (χ3v) is 4.44. The van der Waals surface area contributed by atoms with E-state index in [0.717, 1.165) is 11.4 Å². The van der Waals surface area contributed by atoms with Gasteiger partial charge < -0.3 is 15.8 Å². The molecule has 0 fully saturated rings. The zero-order chi connectivity index (χ0) is 14.7. The Morgan fingerprint density at radius 3 is 3.00 bits per heavy atom. The second-order valence-corrected chi connectivity index (χ2v) is 5.89. The molecule has 2 aromatic rings. The number of benzene rings is 2. The Balaban J connectivity index is 1.71. The maximum absolute atomic E-state index is 10.8. The van der Waals surface area contributed by atoms with Gasteiger partial charge in [-0.25, -0.2) is 0 Å². The van der Waals surface area contributed by atoms with Crippen molar-refractivity contribution in [2.75, 3.05) is 17.7 Å². The largest absolute Gasteiger partial charge is 0.484 e. The molecule has 0 bridgehead atoms. The number of amides is 1. The van der Waals surface area contributed by atoms with Gasteiger partial charge in [-0.3, -0.25) is 4.79 Å². The normalized spacial score (nSPS) is 16.3. The van der Waals surface area contributed by atoms with Crippen LogP contribution in [0.1, 0.15) is 11.6 Å². The molecule has 0 aromatic heterocycles. The van der Waals surface area contributed by atoms with E-state index in [1.54, 1.807) is 0 Å². The Labute approximate surface area is 127 Å². The van der Waals surface area contributed by atoms with Crippen LogP contribution in [0.15, 0.2) is 53.4 Å². The van der Waals surface area contributed by atoms with Crippen LogP contribution in [0.25, 0.3) is 0 Å². The van der Waals surface area contributed by atoms with E-state index in [1.165, 1.54) is 10.5 Å². The number of nitrogens with one attached hydrogen (secondary N) is 1. The SMILES string of the molecule is NC(=O)COc1cccc(NC2CSc3ccccc32)c1. The van der Waals surface area contributed by atoms with Crippen LogP contribution >= 0.6 is 11.8 Å². The maximum Gasteiger partial charge on any atom is 0.255 e. The number of carbonyl (C=O) groups excluding carboxylic acids is 1. The van der Waals surface area contributed by atoms with Crippen molar-refractivity contribution in [3.05, 3.63) is 54.1 Å². The number of hydrogen-bond donors (Lipinski definition) is 2. The van der Waals surface area contributed by atoms with Gasteiger partial charge in [-0.05, 0) is 23.8 Å². The Hall–Kier alpha value is -2.14. The molecular weight excluding hydrogens is 284 g/mol. The van der Waals surface area contributed by atoms with Gasteiger partial charge in [0.05, 0.1) is 6.04 Å². The molecule has 0 radical (unpaired) electrons. The summed E-state index contributed by atoms with van der Waals surface area (Å²) in [6, 6.07) is 16.3. The summed E-state index contributed by atoms with van der Waals surface area (Å²) in [4.78, 5) is 12.1. The van der Waals surface area contributed by atoms with Crippen molar-refractivity contribution in [2.24, 2.45) is 5.73 Å². The minimum absolute atomic E-state index is 0.106. The number of rotatable bonds is 5. The maximum atomic E-state index is 10.8. The van der Waals surface area contributed by atoms with Gasteiger partial charge in [0.25, 0.3) is 5.91 Å². The number of fused-ring (bicyclic) bond motifs is 1. The summed E-state index contributed by atoms with van der Waals surface area (Å²) in [5, 5.41) is 3.51. The average Bonchev–Trinajstić information content (AvgIpc) is 2.89. The first-order valence-corrected chi connectivity index (χ1v) is 7.70. The van der Waals surface area contributed by atoms with E-state index in [1.807, 2.05) is 36.0 Å². The lowest BCUT2D eigenvalue weighted by Crippen LogP contribution is -2.20. The molecule has 1 heterocycles. The Kier molecular flexibility index (Phi) is 4.01. The van der Waals surface area contributed by atoms with E-state index >= 15 is 0 Å². The lowest BCUT2D eigenvalue weighted by atomic mass is 10.1. The minimum Gasteiger partial charge on any atom is -0.484 e. The first-order valence-electron chi connectivity index (χ1n) is 6.72. The molecular formula is C16H16N2O2S. The second-order valence-electron chi connectivity index (χ2n) is 4.83. The number of hydrogen-bond acceptors (Lipinski definition) is 4. The number of nitrogens with two attached hydrogens (primary N) is 1. The van der Waals surface area contributed by atoms with Crippen LogP contribution in [0.5, 0.6) is 5.75 Å². The monoisotopic (exact) mass is 300 g/mol. The van der Waals surface area contributed by atoms with Crippen molar-refractivity contribution in [1.82, 2.24) is 0 Å². The predicted octanol–water partition coefficient (Wildman–Crippen LogP) is 2.81. The summed E-state index contributed by atoms with van der Waals surface area (Å²) in [5.74, 6) is 1.17.